The van der Waals surface area contributed by atoms with Crippen molar-refractivity contribution in [3.05, 3.63) is 12.7 Å². The maximum Gasteiger partial charge on any atom is 0.330 e. The number of aliphatic hydroxyl groups excluding tert-OH is 19. The van der Waals surface area contributed by atoms with Crippen LogP contribution in [-0.2, 0) is 9.53 Å². The standard InChI is InChI=1S/C7H12O5.4C4H10O4/c1-2-7(11)12-6(4-9)5(10)3-8;4*5-1-3(7)4(8)2-6/h2,5-6,8-10H,1,3-4H2;4*3-8H,1-2H2. The number of esters is 1. The van der Waals surface area contributed by atoms with E-state index in [1.807, 2.05) is 0 Å². The van der Waals surface area contributed by atoms with Gasteiger partial charge in [-0.15, -0.1) is 0 Å². The lowest BCUT2D eigenvalue weighted by atomic mass is 10.2. The minimum Gasteiger partial charge on any atom is -0.454 e. The van der Waals surface area contributed by atoms with Crippen molar-refractivity contribution in [3.8, 4) is 0 Å². The van der Waals surface area contributed by atoms with E-state index < -0.39 is 133 Å². The number of hydrogen-bond donors (Lipinski definition) is 19. The number of aliphatic hydroxyl groups is 19. The highest BCUT2D eigenvalue weighted by Gasteiger charge is 2.20. The molecule has 0 aliphatic carbocycles. The number of carbonyl (C=O) groups excluding carboxylic acids is 1. The summed E-state index contributed by atoms with van der Waals surface area (Å²) < 4.78 is 4.48. The minimum absolute atomic E-state index is 0.526. The normalized spacial score (nSPS) is 17.2. The second kappa shape index (κ2) is 35.9. The quantitative estimate of drug-likeness (QED) is 0.0506. The van der Waals surface area contributed by atoms with E-state index in [-0.39, 0.29) is 0 Å². The molecule has 0 radical (unpaired) electrons. The van der Waals surface area contributed by atoms with Gasteiger partial charge in [-0.05, 0) is 0 Å². The fourth-order valence-corrected chi connectivity index (χ4v) is 1.53. The van der Waals surface area contributed by atoms with E-state index in [0.717, 1.165) is 6.08 Å². The molecule has 0 saturated heterocycles. The van der Waals surface area contributed by atoms with Gasteiger partial charge in [0.1, 0.15) is 54.9 Å². The molecule has 0 amide bonds. The van der Waals surface area contributed by atoms with Crippen LogP contribution in [0.2, 0.25) is 0 Å². The maximum absolute atomic E-state index is 10.6. The van der Waals surface area contributed by atoms with Gasteiger partial charge in [0.25, 0.3) is 0 Å². The van der Waals surface area contributed by atoms with E-state index in [1.54, 1.807) is 0 Å². The molecule has 21 heteroatoms. The van der Waals surface area contributed by atoms with Crippen molar-refractivity contribution in [2.45, 2.75) is 61.0 Å². The number of rotatable bonds is 17. The van der Waals surface area contributed by atoms with Crippen LogP contribution in [0.15, 0.2) is 12.7 Å². The lowest BCUT2D eigenvalue weighted by Crippen LogP contribution is -2.36. The molecule has 10 atom stereocenters. The van der Waals surface area contributed by atoms with E-state index in [0.29, 0.717) is 0 Å². The molecule has 0 bridgehead atoms. The molecule has 0 aromatic heterocycles. The zero-order chi connectivity index (χ0) is 35.8. The zero-order valence-corrected chi connectivity index (χ0v) is 23.9. The highest BCUT2D eigenvalue weighted by molar-refractivity contribution is 5.81. The van der Waals surface area contributed by atoms with Gasteiger partial charge in [0, 0.05) is 6.08 Å². The van der Waals surface area contributed by atoms with E-state index in [9.17, 15) is 4.79 Å². The van der Waals surface area contributed by atoms with Crippen LogP contribution in [0.3, 0.4) is 0 Å². The first-order chi connectivity index (χ1) is 20.5. The predicted molar refractivity (Wildman–Crippen MR) is 145 cm³/mol. The zero-order valence-electron chi connectivity index (χ0n) is 23.9. The Morgan fingerprint density at radius 2 is 0.591 bits per heavy atom. The van der Waals surface area contributed by atoms with Gasteiger partial charge in [0.2, 0.25) is 0 Å². The molecule has 0 aromatic carbocycles. The largest absolute Gasteiger partial charge is 0.454 e. The molecule has 270 valence electrons. The average molecular weight is 665 g/mol. The molecule has 0 saturated carbocycles. The monoisotopic (exact) mass is 664 g/mol. The number of ether oxygens (including phenoxy) is 1. The summed E-state index contributed by atoms with van der Waals surface area (Å²) in [7, 11) is 0. The maximum atomic E-state index is 10.6. The molecular weight excluding hydrogens is 612 g/mol. The molecule has 19 N–H and O–H groups in total. The Morgan fingerprint density at radius 3 is 0.705 bits per heavy atom. The van der Waals surface area contributed by atoms with Crippen molar-refractivity contribution >= 4 is 5.97 Å². The van der Waals surface area contributed by atoms with Gasteiger partial charge in [-0.1, -0.05) is 6.58 Å². The highest BCUT2D eigenvalue weighted by Crippen LogP contribution is 1.99. The van der Waals surface area contributed by atoms with Gasteiger partial charge in [0.15, 0.2) is 6.10 Å². The average Bonchev–Trinajstić information content (AvgIpc) is 3.07. The highest BCUT2D eigenvalue weighted by atomic mass is 16.6. The lowest BCUT2D eigenvalue weighted by Gasteiger charge is -2.18. The summed E-state index contributed by atoms with van der Waals surface area (Å²) in [5, 5.41) is 159. The Morgan fingerprint density at radius 1 is 0.409 bits per heavy atom. The summed E-state index contributed by atoms with van der Waals surface area (Å²) in [6, 6.07) is 0. The fraction of sp³-hybridized carbons (Fsp3) is 0.870. The Hall–Kier alpha value is -1.55. The topological polar surface area (TPSA) is 411 Å². The van der Waals surface area contributed by atoms with Gasteiger partial charge >= 0.3 is 5.97 Å². The summed E-state index contributed by atoms with van der Waals surface area (Å²) in [4.78, 5) is 10.6. The molecular formula is C23H52O21. The first kappa shape index (κ1) is 52.0. The summed E-state index contributed by atoms with van der Waals surface area (Å²) in [6.45, 7) is -2.19. The molecule has 0 fully saturated rings. The van der Waals surface area contributed by atoms with Crippen LogP contribution in [0, 0.1) is 0 Å². The second-order valence-corrected chi connectivity index (χ2v) is 8.11. The molecule has 10 unspecified atom stereocenters. The van der Waals surface area contributed by atoms with Crippen molar-refractivity contribution in [1.82, 2.24) is 0 Å². The molecule has 44 heavy (non-hydrogen) atoms. The van der Waals surface area contributed by atoms with Crippen molar-refractivity contribution < 1.29 is 107 Å². The molecule has 0 aromatic rings. The molecule has 0 rings (SSSR count). The predicted octanol–water partition coefficient (Wildman–Crippen LogP) is -10.8. The van der Waals surface area contributed by atoms with Gasteiger partial charge < -0.3 is 102 Å². The van der Waals surface area contributed by atoms with Crippen LogP contribution in [-0.4, -0.2) is 230 Å². The summed E-state index contributed by atoms with van der Waals surface area (Å²) >= 11 is 0. The lowest BCUT2D eigenvalue weighted by molar-refractivity contribution is -0.153. The summed E-state index contributed by atoms with van der Waals surface area (Å²) in [5.41, 5.74) is 0. The Balaban J connectivity index is -0.000000146. The van der Waals surface area contributed by atoms with Gasteiger partial charge in [0.05, 0.1) is 66.1 Å². The summed E-state index contributed by atoms with van der Waals surface area (Å²) in [6.07, 6.45) is -11.2. The molecule has 0 aliphatic heterocycles. The van der Waals surface area contributed by atoms with Crippen molar-refractivity contribution in [3.63, 3.8) is 0 Å². The third kappa shape index (κ3) is 31.9. The van der Waals surface area contributed by atoms with Crippen LogP contribution in [0.25, 0.3) is 0 Å². The van der Waals surface area contributed by atoms with Crippen molar-refractivity contribution in [1.29, 1.82) is 0 Å². The molecule has 0 heterocycles. The van der Waals surface area contributed by atoms with Crippen LogP contribution in [0.4, 0.5) is 0 Å². The van der Waals surface area contributed by atoms with E-state index in [1.165, 1.54) is 0 Å². The third-order valence-electron chi connectivity index (χ3n) is 4.50. The smallest absolute Gasteiger partial charge is 0.330 e. The Labute approximate surface area is 252 Å². The van der Waals surface area contributed by atoms with Crippen LogP contribution >= 0.6 is 0 Å². The van der Waals surface area contributed by atoms with Crippen molar-refractivity contribution in [2.75, 3.05) is 66.1 Å². The van der Waals surface area contributed by atoms with E-state index in [2.05, 4.69) is 11.3 Å². The Bertz CT molecular complexity index is 506. The second-order valence-electron chi connectivity index (χ2n) is 8.11. The minimum atomic E-state index is -1.26. The summed E-state index contributed by atoms with van der Waals surface area (Å²) in [5.74, 6) is -0.749. The Kier molecular flexibility index (Phi) is 42.5. The van der Waals surface area contributed by atoms with Gasteiger partial charge in [-0.3, -0.25) is 0 Å². The molecule has 0 aliphatic rings. The fourth-order valence-electron chi connectivity index (χ4n) is 1.53. The van der Waals surface area contributed by atoms with E-state index in [4.69, 9.17) is 97.0 Å². The SMILES string of the molecule is C=CC(=O)OC(CO)C(O)CO.OCC(O)C(O)CO.OCC(O)C(O)CO.OCC(O)C(O)CO.OCC(O)C(O)CO. The van der Waals surface area contributed by atoms with Gasteiger partial charge in [-0.25, -0.2) is 4.79 Å². The number of carbonyl (C=O) groups is 1. The van der Waals surface area contributed by atoms with Crippen molar-refractivity contribution in [2.24, 2.45) is 0 Å². The molecule has 0 spiro atoms. The van der Waals surface area contributed by atoms with E-state index >= 15 is 0 Å². The first-order valence-corrected chi connectivity index (χ1v) is 12.6. The first-order valence-electron chi connectivity index (χ1n) is 12.6. The number of hydrogen-bond acceptors (Lipinski definition) is 21. The van der Waals surface area contributed by atoms with Crippen LogP contribution in [0.5, 0.6) is 0 Å². The van der Waals surface area contributed by atoms with Crippen LogP contribution in [0.1, 0.15) is 0 Å². The van der Waals surface area contributed by atoms with Crippen LogP contribution < -0.4 is 0 Å². The molecule has 21 nitrogen and oxygen atoms in total. The van der Waals surface area contributed by atoms with Gasteiger partial charge in [-0.2, -0.15) is 0 Å². The third-order valence-corrected chi connectivity index (χ3v) is 4.50.